The molecule has 24 heavy (non-hydrogen) atoms. The monoisotopic (exact) mass is 350 g/mol. The van der Waals surface area contributed by atoms with Crippen LogP contribution in [0.15, 0.2) is 24.3 Å². The van der Waals surface area contributed by atoms with E-state index < -0.39 is 0 Å². The predicted molar refractivity (Wildman–Crippen MR) is 100 cm³/mol. The lowest BCUT2D eigenvalue weighted by atomic mass is 10.2. The number of benzene rings is 1. The number of hydrogen-bond acceptors (Lipinski definition) is 4. The third-order valence-electron chi connectivity index (χ3n) is 3.37. The van der Waals surface area contributed by atoms with Crippen LogP contribution in [-0.4, -0.2) is 23.6 Å². The lowest BCUT2D eigenvalue weighted by molar-refractivity contribution is -0.119. The summed E-state index contributed by atoms with van der Waals surface area (Å²) in [5, 5.41) is 5.84. The summed E-state index contributed by atoms with van der Waals surface area (Å²) in [5.41, 5.74) is 1.20. The first-order valence-corrected chi connectivity index (χ1v) is 8.85. The fourth-order valence-corrected chi connectivity index (χ4v) is 2.20. The Morgan fingerprint density at radius 3 is 2.33 bits per heavy atom. The molecule has 0 saturated heterocycles. The van der Waals surface area contributed by atoms with E-state index in [2.05, 4.69) is 17.6 Å². The zero-order valence-electron chi connectivity index (χ0n) is 14.4. The van der Waals surface area contributed by atoms with Crippen molar-refractivity contribution in [2.75, 3.05) is 11.9 Å². The van der Waals surface area contributed by atoms with Crippen molar-refractivity contribution in [3.63, 3.8) is 0 Å². The van der Waals surface area contributed by atoms with Gasteiger partial charge in [-0.2, -0.15) is 0 Å². The van der Waals surface area contributed by atoms with Gasteiger partial charge >= 0.3 is 5.97 Å². The van der Waals surface area contributed by atoms with Crippen molar-refractivity contribution in [1.29, 1.82) is 0 Å². The average molecular weight is 350 g/mol. The van der Waals surface area contributed by atoms with Crippen molar-refractivity contribution in [3.05, 3.63) is 29.8 Å². The molecule has 132 valence electrons. The second kappa shape index (κ2) is 11.6. The smallest absolute Gasteiger partial charge is 0.338 e. The van der Waals surface area contributed by atoms with Crippen LogP contribution in [0.3, 0.4) is 0 Å². The first kappa shape index (κ1) is 20.1. The number of esters is 1. The maximum atomic E-state index is 11.8. The summed E-state index contributed by atoms with van der Waals surface area (Å²) in [5.74, 6) is -0.418. The molecule has 1 aromatic rings. The largest absolute Gasteiger partial charge is 0.462 e. The molecule has 0 saturated carbocycles. The van der Waals surface area contributed by atoms with E-state index >= 15 is 0 Å². The molecule has 0 aliphatic rings. The highest BCUT2D eigenvalue weighted by atomic mass is 32.1. The van der Waals surface area contributed by atoms with Crippen molar-refractivity contribution >= 4 is 34.9 Å². The fourth-order valence-electron chi connectivity index (χ4n) is 1.97. The van der Waals surface area contributed by atoms with Crippen molar-refractivity contribution in [2.24, 2.45) is 0 Å². The zero-order valence-corrected chi connectivity index (χ0v) is 15.2. The average Bonchev–Trinajstić information content (AvgIpc) is 2.55. The van der Waals surface area contributed by atoms with Gasteiger partial charge in [0.15, 0.2) is 5.11 Å². The molecule has 6 heteroatoms. The van der Waals surface area contributed by atoms with E-state index in [9.17, 15) is 9.59 Å². The summed E-state index contributed by atoms with van der Waals surface area (Å²) >= 11 is 5.11. The molecule has 1 aromatic carbocycles. The van der Waals surface area contributed by atoms with Crippen molar-refractivity contribution in [1.82, 2.24) is 5.32 Å². The Kier molecular flexibility index (Phi) is 9.68. The first-order valence-electron chi connectivity index (χ1n) is 8.44. The molecule has 0 aliphatic heterocycles. The molecule has 0 unspecified atom stereocenters. The second-order valence-electron chi connectivity index (χ2n) is 5.53. The van der Waals surface area contributed by atoms with Gasteiger partial charge in [-0.05, 0) is 49.3 Å². The minimum atomic E-state index is -0.332. The van der Waals surface area contributed by atoms with Gasteiger partial charge in [-0.25, -0.2) is 4.79 Å². The molecule has 0 atom stereocenters. The van der Waals surface area contributed by atoms with Gasteiger partial charge in [-0.1, -0.05) is 33.1 Å². The zero-order chi connectivity index (χ0) is 17.8. The summed E-state index contributed by atoms with van der Waals surface area (Å²) in [4.78, 5) is 23.5. The minimum Gasteiger partial charge on any atom is -0.462 e. The summed E-state index contributed by atoms with van der Waals surface area (Å²) in [6.07, 6.45) is 5.28. The van der Waals surface area contributed by atoms with Gasteiger partial charge < -0.3 is 15.4 Å². The number of carbonyl (C=O) groups is 2. The third-order valence-corrected chi connectivity index (χ3v) is 3.57. The number of carbonyl (C=O) groups excluding carboxylic acids is 2. The molecule has 0 aromatic heterocycles. The van der Waals surface area contributed by atoms with Gasteiger partial charge in [0.25, 0.3) is 0 Å². The topological polar surface area (TPSA) is 67.4 Å². The number of hydrogen-bond donors (Lipinski definition) is 2. The number of ether oxygens (including phenoxy) is 1. The lowest BCUT2D eigenvalue weighted by Crippen LogP contribution is -2.33. The molecule has 1 rings (SSSR count). The number of anilines is 1. The molecule has 0 aliphatic carbocycles. The SMILES string of the molecule is CCCCCC(=O)NC(=S)Nc1ccc(C(=O)OCCCC)cc1. The van der Waals surface area contributed by atoms with Crippen molar-refractivity contribution < 1.29 is 14.3 Å². The third kappa shape index (κ3) is 8.06. The second-order valence-corrected chi connectivity index (χ2v) is 5.93. The van der Waals surface area contributed by atoms with E-state index in [1.165, 1.54) is 0 Å². The van der Waals surface area contributed by atoms with E-state index in [4.69, 9.17) is 17.0 Å². The van der Waals surface area contributed by atoms with Crippen LogP contribution in [0.25, 0.3) is 0 Å². The molecule has 0 bridgehead atoms. The number of thiocarbonyl (C=S) groups is 1. The van der Waals surface area contributed by atoms with Crippen LogP contribution in [0.1, 0.15) is 62.7 Å². The maximum Gasteiger partial charge on any atom is 0.338 e. The van der Waals surface area contributed by atoms with Crippen LogP contribution >= 0.6 is 12.2 Å². The Balaban J connectivity index is 2.41. The fraction of sp³-hybridized carbons (Fsp3) is 0.500. The number of nitrogens with one attached hydrogen (secondary N) is 2. The molecule has 0 fully saturated rings. The molecule has 2 N–H and O–H groups in total. The number of amides is 1. The van der Waals surface area contributed by atoms with E-state index in [1.807, 2.05) is 6.92 Å². The van der Waals surface area contributed by atoms with Crippen LogP contribution in [0.2, 0.25) is 0 Å². The standard InChI is InChI=1S/C18H26N2O3S/c1-3-5-7-8-16(21)20-18(24)19-15-11-9-14(10-12-15)17(22)23-13-6-4-2/h9-12H,3-8,13H2,1-2H3,(H2,19,20,21,24). The number of unbranched alkanes of at least 4 members (excludes halogenated alkanes) is 3. The van der Waals surface area contributed by atoms with Gasteiger partial charge in [0, 0.05) is 12.1 Å². The van der Waals surface area contributed by atoms with E-state index in [-0.39, 0.29) is 17.0 Å². The highest BCUT2D eigenvalue weighted by molar-refractivity contribution is 7.80. The Morgan fingerprint density at radius 1 is 1.04 bits per heavy atom. The van der Waals surface area contributed by atoms with Gasteiger partial charge in [0.05, 0.1) is 12.2 Å². The molecule has 1 amide bonds. The van der Waals surface area contributed by atoms with E-state index in [1.54, 1.807) is 24.3 Å². The summed E-state index contributed by atoms with van der Waals surface area (Å²) in [7, 11) is 0. The summed E-state index contributed by atoms with van der Waals surface area (Å²) < 4.78 is 5.15. The molecule has 0 radical (unpaired) electrons. The minimum absolute atomic E-state index is 0.0860. The Labute approximate surface area is 149 Å². The number of rotatable bonds is 9. The first-order chi connectivity index (χ1) is 11.6. The molecule has 0 spiro atoms. The molecule has 5 nitrogen and oxygen atoms in total. The summed E-state index contributed by atoms with van der Waals surface area (Å²) in [6, 6.07) is 6.79. The summed E-state index contributed by atoms with van der Waals surface area (Å²) in [6.45, 7) is 4.57. The normalized spacial score (nSPS) is 10.1. The van der Waals surface area contributed by atoms with Crippen LogP contribution in [-0.2, 0) is 9.53 Å². The molecule has 0 heterocycles. The van der Waals surface area contributed by atoms with Crippen LogP contribution in [0.5, 0.6) is 0 Å². The highest BCUT2D eigenvalue weighted by Gasteiger charge is 2.08. The van der Waals surface area contributed by atoms with Gasteiger partial charge in [-0.15, -0.1) is 0 Å². The van der Waals surface area contributed by atoms with Crippen LogP contribution in [0.4, 0.5) is 5.69 Å². The van der Waals surface area contributed by atoms with Crippen molar-refractivity contribution in [2.45, 2.75) is 52.4 Å². The predicted octanol–water partition coefficient (Wildman–Crippen LogP) is 4.04. The Morgan fingerprint density at radius 2 is 1.71 bits per heavy atom. The van der Waals surface area contributed by atoms with Crippen molar-refractivity contribution in [3.8, 4) is 0 Å². The molecular weight excluding hydrogens is 324 g/mol. The van der Waals surface area contributed by atoms with E-state index in [0.717, 1.165) is 32.1 Å². The lowest BCUT2D eigenvalue weighted by Gasteiger charge is -2.10. The van der Waals surface area contributed by atoms with Crippen LogP contribution in [0, 0.1) is 0 Å². The molecular formula is C18H26N2O3S. The van der Waals surface area contributed by atoms with Crippen LogP contribution < -0.4 is 10.6 Å². The quantitative estimate of drug-likeness (QED) is 0.400. The maximum absolute atomic E-state index is 11.8. The highest BCUT2D eigenvalue weighted by Crippen LogP contribution is 2.11. The van der Waals surface area contributed by atoms with Gasteiger partial charge in [0.1, 0.15) is 0 Å². The van der Waals surface area contributed by atoms with Gasteiger partial charge in [-0.3, -0.25) is 4.79 Å². The van der Waals surface area contributed by atoms with Gasteiger partial charge in [0.2, 0.25) is 5.91 Å². The Hall–Kier alpha value is -1.95. The Bertz CT molecular complexity index is 544. The van der Waals surface area contributed by atoms with E-state index in [0.29, 0.717) is 24.3 Å².